The molecule has 0 heterocycles. The fraction of sp³-hybridized carbons (Fsp3) is 0.929. The van der Waals surface area contributed by atoms with Gasteiger partial charge in [0.2, 0.25) is 12.1 Å². The van der Waals surface area contributed by atoms with Crippen LogP contribution in [0.3, 0.4) is 0 Å². The molecular formula is C14H22F13O3Ti-. The molecule has 0 saturated heterocycles. The van der Waals surface area contributed by atoms with Gasteiger partial charge in [0, 0.05) is 41.5 Å². The zero-order valence-corrected chi connectivity index (χ0v) is 17.7. The second kappa shape index (κ2) is 18.1. The van der Waals surface area contributed by atoms with E-state index in [0.29, 0.717) is 0 Å². The fourth-order valence-electron chi connectivity index (χ4n) is 0.988. The molecule has 0 aliphatic carbocycles. The van der Waals surface area contributed by atoms with Crippen molar-refractivity contribution in [2.24, 2.45) is 0 Å². The maximum absolute atomic E-state index is 12.7. The minimum Gasteiger partial charge on any atom is -0.453 e. The quantitative estimate of drug-likeness (QED) is 0.255. The molecular weight excluding hydrogens is 511 g/mol. The molecule has 2 unspecified atom stereocenters. The number of rotatable bonds is 7. The maximum atomic E-state index is 12.7. The Bertz CT molecular complexity index is 410. The van der Waals surface area contributed by atoms with E-state index in [2.05, 4.69) is 0 Å². The van der Waals surface area contributed by atoms with Crippen molar-refractivity contribution in [2.45, 2.75) is 63.2 Å². The smallest absolute Gasteiger partial charge is 0.378 e. The van der Waals surface area contributed by atoms with Gasteiger partial charge in [-0.15, -0.1) is 0 Å². The molecule has 31 heavy (non-hydrogen) atoms. The van der Waals surface area contributed by atoms with Crippen molar-refractivity contribution in [1.82, 2.24) is 0 Å². The molecule has 0 aromatic carbocycles. The van der Waals surface area contributed by atoms with Gasteiger partial charge in [0.25, 0.3) is 6.43 Å². The Morgan fingerprint density at radius 1 is 0.677 bits per heavy atom. The van der Waals surface area contributed by atoms with E-state index in [-0.39, 0.29) is 41.5 Å². The van der Waals surface area contributed by atoms with Crippen LogP contribution >= 0.6 is 0 Å². The minimum absolute atomic E-state index is 0. The van der Waals surface area contributed by atoms with Gasteiger partial charge >= 0.3 is 17.8 Å². The van der Waals surface area contributed by atoms with Crippen molar-refractivity contribution < 1.29 is 94.1 Å². The molecule has 0 spiro atoms. The van der Waals surface area contributed by atoms with Gasteiger partial charge in [0.15, 0.2) is 6.17 Å². The van der Waals surface area contributed by atoms with Gasteiger partial charge in [-0.25, -0.2) is 26.3 Å². The van der Waals surface area contributed by atoms with Gasteiger partial charge in [-0.2, -0.15) is 26.3 Å². The summed E-state index contributed by atoms with van der Waals surface area (Å²) < 4.78 is 160. The van der Waals surface area contributed by atoms with E-state index in [1.807, 2.05) is 0 Å². The third-order valence-electron chi connectivity index (χ3n) is 2.24. The van der Waals surface area contributed by atoms with E-state index in [1.165, 1.54) is 0 Å². The fourth-order valence-corrected chi connectivity index (χ4v) is 0.988. The van der Waals surface area contributed by atoms with Crippen molar-refractivity contribution in [3.8, 4) is 0 Å². The molecule has 0 rings (SSSR count). The van der Waals surface area contributed by atoms with E-state index >= 15 is 0 Å². The first-order valence-electron chi connectivity index (χ1n) is 7.67. The van der Waals surface area contributed by atoms with Crippen molar-refractivity contribution >= 4 is 0 Å². The first-order chi connectivity index (χ1) is 13.3. The maximum Gasteiger partial charge on any atom is 0.378 e. The van der Waals surface area contributed by atoms with Crippen molar-refractivity contribution in [2.75, 3.05) is 19.8 Å². The Labute approximate surface area is 184 Å². The third-order valence-corrected chi connectivity index (χ3v) is 2.24. The minimum atomic E-state index is -7.37. The molecule has 0 amide bonds. The molecule has 0 fully saturated rings. The van der Waals surface area contributed by atoms with Crippen LogP contribution in [0.4, 0.5) is 57.1 Å². The Kier molecular flexibility index (Phi) is 24.0. The van der Waals surface area contributed by atoms with Crippen LogP contribution in [0.25, 0.3) is 0 Å². The summed E-state index contributed by atoms with van der Waals surface area (Å²) in [6, 6.07) is 0. The topological polar surface area (TPSA) is 60.7 Å². The SMILES string of the molecule is CCO.CCO.CCO.F[CH-]C(F)(F)C(F)(F)C(F)(F)C(F)(F)C(F)C(F)C(F)F.[Ti]. The van der Waals surface area contributed by atoms with Crippen molar-refractivity contribution in [3.63, 3.8) is 0 Å². The van der Waals surface area contributed by atoms with E-state index in [0.717, 1.165) is 0 Å². The molecule has 0 aromatic rings. The Morgan fingerprint density at radius 2 is 0.935 bits per heavy atom. The van der Waals surface area contributed by atoms with Gasteiger partial charge in [-0.1, -0.05) is 6.67 Å². The normalized spacial score (nSPS) is 13.9. The molecule has 3 N–H and O–H groups in total. The van der Waals surface area contributed by atoms with Crippen LogP contribution < -0.4 is 0 Å². The monoisotopic (exact) mass is 533 g/mol. The molecule has 2 atom stereocenters. The molecule has 17 heteroatoms. The van der Waals surface area contributed by atoms with Gasteiger partial charge in [-0.05, 0) is 20.8 Å². The van der Waals surface area contributed by atoms with Gasteiger partial charge in [0.1, 0.15) is 0 Å². The predicted octanol–water partition coefficient (Wildman–Crippen LogP) is 4.59. The Hall–Kier alpha value is -0.316. The average molecular weight is 533 g/mol. The summed E-state index contributed by atoms with van der Waals surface area (Å²) >= 11 is 0. The Balaban J connectivity index is -0.000000192. The molecule has 0 aliphatic heterocycles. The van der Waals surface area contributed by atoms with Gasteiger partial charge < -0.3 is 19.7 Å². The molecule has 0 bridgehead atoms. The summed E-state index contributed by atoms with van der Waals surface area (Å²) in [6.07, 6.45) is -14.5. The zero-order chi connectivity index (χ0) is 25.6. The third kappa shape index (κ3) is 11.9. The zero-order valence-electron chi connectivity index (χ0n) is 16.2. The van der Waals surface area contributed by atoms with Crippen LogP contribution in [0.5, 0.6) is 0 Å². The number of halogens is 13. The van der Waals surface area contributed by atoms with Crippen LogP contribution in [0.2, 0.25) is 0 Å². The van der Waals surface area contributed by atoms with Crippen LogP contribution in [0.15, 0.2) is 0 Å². The summed E-state index contributed by atoms with van der Waals surface area (Å²) in [4.78, 5) is 0. The first-order valence-corrected chi connectivity index (χ1v) is 7.67. The molecule has 0 aliphatic rings. The number of hydrogen-bond donors (Lipinski definition) is 3. The average Bonchev–Trinajstić information content (AvgIpc) is 2.61. The summed E-state index contributed by atoms with van der Waals surface area (Å²) in [6.45, 7) is 3.42. The van der Waals surface area contributed by atoms with Gasteiger partial charge in [0.05, 0.1) is 0 Å². The van der Waals surface area contributed by atoms with E-state index < -0.39 is 49.1 Å². The van der Waals surface area contributed by atoms with E-state index in [9.17, 15) is 57.1 Å². The van der Waals surface area contributed by atoms with Crippen LogP contribution in [-0.2, 0) is 21.7 Å². The summed E-state index contributed by atoms with van der Waals surface area (Å²) in [5.41, 5.74) is 0. The molecule has 0 aromatic heterocycles. The predicted molar refractivity (Wildman–Crippen MR) is 79.3 cm³/mol. The number of aliphatic hydroxyl groups excluding tert-OH is 3. The summed E-state index contributed by atoms with van der Waals surface area (Å²) in [5.74, 6) is -28.1. The number of aliphatic hydroxyl groups is 3. The van der Waals surface area contributed by atoms with Gasteiger partial charge in [-0.3, -0.25) is 0 Å². The van der Waals surface area contributed by atoms with Crippen molar-refractivity contribution in [3.05, 3.63) is 6.67 Å². The molecule has 192 valence electrons. The standard InChI is InChI=1S/C8H4F13.3C2H6O.Ti/c9-1-5(14,15)7(18,19)8(20,21)6(16,17)3(11)2(10)4(12)13;3*1-2-3;/h1-4H;3*3H,2H2,1H3;/q-1;;;;. The van der Waals surface area contributed by atoms with E-state index in [1.54, 1.807) is 20.8 Å². The Morgan fingerprint density at radius 3 is 1.13 bits per heavy atom. The van der Waals surface area contributed by atoms with Crippen LogP contribution in [0.1, 0.15) is 20.8 Å². The number of hydrogen-bond acceptors (Lipinski definition) is 3. The van der Waals surface area contributed by atoms with Crippen LogP contribution in [-0.4, -0.2) is 77.6 Å². The molecule has 0 radical (unpaired) electrons. The summed E-state index contributed by atoms with van der Waals surface area (Å²) in [5, 5.41) is 22.7. The van der Waals surface area contributed by atoms with Crippen molar-refractivity contribution in [1.29, 1.82) is 0 Å². The number of alkyl halides is 12. The molecule has 0 saturated carbocycles. The molecule has 3 nitrogen and oxygen atoms in total. The van der Waals surface area contributed by atoms with E-state index in [4.69, 9.17) is 15.3 Å². The second-order valence-electron chi connectivity index (χ2n) is 4.63. The second-order valence-corrected chi connectivity index (χ2v) is 4.63. The largest absolute Gasteiger partial charge is 0.453 e. The summed E-state index contributed by atoms with van der Waals surface area (Å²) in [7, 11) is 0. The first kappa shape index (κ1) is 41.0. The van der Waals surface area contributed by atoms with Crippen LogP contribution in [0, 0.1) is 6.67 Å².